The van der Waals surface area contributed by atoms with Crippen LogP contribution in [0.2, 0.25) is 0 Å². The van der Waals surface area contributed by atoms with Gasteiger partial charge in [-0.3, -0.25) is 9.59 Å². The third-order valence-corrected chi connectivity index (χ3v) is 7.36. The second-order valence-electron chi connectivity index (χ2n) is 11.7. The molecule has 0 aliphatic carbocycles. The van der Waals surface area contributed by atoms with Gasteiger partial charge in [0.05, 0.1) is 6.61 Å². The van der Waals surface area contributed by atoms with Crippen LogP contribution in [0.5, 0.6) is 0 Å². The van der Waals surface area contributed by atoms with Crippen molar-refractivity contribution in [3.8, 4) is 0 Å². The van der Waals surface area contributed by atoms with E-state index in [0.717, 1.165) is 38.5 Å². The van der Waals surface area contributed by atoms with Gasteiger partial charge in [0.25, 0.3) is 0 Å². The molecule has 1 N–H and O–H groups in total. The molecule has 0 saturated heterocycles. The average molecular weight is 627 g/mol. The lowest BCUT2D eigenvalue weighted by atomic mass is 10.1. The molecule has 0 spiro atoms. The Labute approximate surface area is 276 Å². The molecule has 0 rings (SSSR count). The summed E-state index contributed by atoms with van der Waals surface area (Å²) in [7, 11) is 0. The molecule has 1 unspecified atom stereocenters. The number of rotatable bonds is 31. The third kappa shape index (κ3) is 34.1. The molecule has 0 heterocycles. The summed E-state index contributed by atoms with van der Waals surface area (Å²) in [6.45, 7) is 3.90. The zero-order chi connectivity index (χ0) is 32.9. The predicted octanol–water partition coefficient (Wildman–Crippen LogP) is 11.0. The number of hydrogen-bond donors (Lipinski definition) is 1. The molecule has 5 heteroatoms. The summed E-state index contributed by atoms with van der Waals surface area (Å²) < 4.78 is 10.5. The number of allylic oxidation sites excluding steroid dienone is 12. The van der Waals surface area contributed by atoms with Crippen molar-refractivity contribution in [1.29, 1.82) is 0 Å². The second-order valence-corrected chi connectivity index (χ2v) is 11.7. The van der Waals surface area contributed by atoms with Gasteiger partial charge < -0.3 is 14.6 Å². The Morgan fingerprint density at radius 3 is 1.56 bits per heavy atom. The Morgan fingerprint density at radius 1 is 0.533 bits per heavy atom. The standard InChI is InChI=1S/C40H66O5/c1-3-5-7-9-11-13-15-17-18-19-20-21-23-25-27-29-31-33-35-40(43)45-38(36-41)37-44-39(42)34-32-30-28-26-24-22-16-14-12-10-8-6-4-2/h6,8,10,12,14,16,20-22,24,26,28,38,41H,3-5,7,9,11,13,15,17-19,23,25,27,29-37H2,1-2H3/b8-6+,12-10+,16-14+,21-20+,24-22+,28-26+. The minimum absolute atomic E-state index is 0.110. The van der Waals surface area contributed by atoms with Crippen molar-refractivity contribution in [2.75, 3.05) is 13.2 Å². The number of hydrogen-bond acceptors (Lipinski definition) is 5. The minimum atomic E-state index is -0.806. The fourth-order valence-corrected chi connectivity index (χ4v) is 4.64. The van der Waals surface area contributed by atoms with E-state index in [1.165, 1.54) is 77.0 Å². The molecule has 45 heavy (non-hydrogen) atoms. The van der Waals surface area contributed by atoms with Gasteiger partial charge in [-0.05, 0) is 51.4 Å². The largest absolute Gasteiger partial charge is 0.462 e. The summed E-state index contributed by atoms with van der Waals surface area (Å²) in [6, 6.07) is 0. The van der Waals surface area contributed by atoms with Crippen molar-refractivity contribution in [3.05, 3.63) is 72.9 Å². The van der Waals surface area contributed by atoms with Gasteiger partial charge in [-0.15, -0.1) is 0 Å². The third-order valence-electron chi connectivity index (χ3n) is 7.36. The quantitative estimate of drug-likeness (QED) is 0.0359. The van der Waals surface area contributed by atoms with Crippen LogP contribution in [0.25, 0.3) is 0 Å². The van der Waals surface area contributed by atoms with Gasteiger partial charge in [0.1, 0.15) is 6.61 Å². The smallest absolute Gasteiger partial charge is 0.306 e. The summed E-state index contributed by atoms with van der Waals surface area (Å²) in [5, 5.41) is 9.51. The molecule has 0 aromatic rings. The lowest BCUT2D eigenvalue weighted by Crippen LogP contribution is -2.28. The monoisotopic (exact) mass is 626 g/mol. The van der Waals surface area contributed by atoms with Crippen LogP contribution in [0.4, 0.5) is 0 Å². The number of aliphatic hydroxyl groups excluding tert-OH is 1. The highest BCUT2D eigenvalue weighted by Crippen LogP contribution is 2.12. The molecule has 0 amide bonds. The number of esters is 2. The fourth-order valence-electron chi connectivity index (χ4n) is 4.64. The fraction of sp³-hybridized carbons (Fsp3) is 0.650. The first kappa shape index (κ1) is 42.3. The zero-order valence-electron chi connectivity index (χ0n) is 28.8. The van der Waals surface area contributed by atoms with Crippen molar-refractivity contribution in [2.45, 2.75) is 155 Å². The maximum absolute atomic E-state index is 12.1. The first-order chi connectivity index (χ1) is 22.1. The summed E-state index contributed by atoms with van der Waals surface area (Å²) in [5.41, 5.74) is 0. The molecule has 0 aliphatic heterocycles. The number of aliphatic hydroxyl groups is 1. The summed E-state index contributed by atoms with van der Waals surface area (Å²) in [5.74, 6) is -0.694. The van der Waals surface area contributed by atoms with Crippen molar-refractivity contribution >= 4 is 11.9 Å². The van der Waals surface area contributed by atoms with Gasteiger partial charge in [-0.2, -0.15) is 0 Å². The lowest BCUT2D eigenvalue weighted by molar-refractivity contribution is -0.161. The highest BCUT2D eigenvalue weighted by Gasteiger charge is 2.15. The minimum Gasteiger partial charge on any atom is -0.462 e. The lowest BCUT2D eigenvalue weighted by Gasteiger charge is -2.15. The van der Waals surface area contributed by atoms with E-state index in [-0.39, 0.29) is 31.6 Å². The highest BCUT2D eigenvalue weighted by atomic mass is 16.6. The maximum atomic E-state index is 12.1. The summed E-state index contributed by atoms with van der Waals surface area (Å²) in [4.78, 5) is 24.1. The molecule has 0 saturated carbocycles. The number of carbonyl (C=O) groups is 2. The van der Waals surface area contributed by atoms with Gasteiger partial charge >= 0.3 is 11.9 Å². The van der Waals surface area contributed by atoms with Crippen LogP contribution in [-0.2, 0) is 19.1 Å². The number of carbonyl (C=O) groups excluding carboxylic acids is 2. The topological polar surface area (TPSA) is 72.8 Å². The van der Waals surface area contributed by atoms with E-state index in [4.69, 9.17) is 9.47 Å². The second kappa shape index (κ2) is 35.8. The van der Waals surface area contributed by atoms with Gasteiger partial charge in [0.2, 0.25) is 0 Å². The Bertz CT molecular complexity index is 849. The van der Waals surface area contributed by atoms with Crippen molar-refractivity contribution in [3.63, 3.8) is 0 Å². The van der Waals surface area contributed by atoms with Crippen molar-refractivity contribution < 1.29 is 24.2 Å². The van der Waals surface area contributed by atoms with Crippen LogP contribution in [0.15, 0.2) is 72.9 Å². The van der Waals surface area contributed by atoms with Crippen LogP contribution in [0.3, 0.4) is 0 Å². The SMILES string of the molecule is CC/C=C/C=C/C=C/C=C/C=C/CCCC(=O)OCC(CO)OC(=O)CCCCCCC/C=C/CCCCCCCCCCC. The Hall–Kier alpha value is -2.66. The molecule has 0 aromatic carbocycles. The molecule has 0 aliphatic rings. The molecule has 1 atom stereocenters. The van der Waals surface area contributed by atoms with Crippen LogP contribution in [-0.4, -0.2) is 36.4 Å². The van der Waals surface area contributed by atoms with Crippen LogP contribution in [0.1, 0.15) is 149 Å². The molecule has 5 nitrogen and oxygen atoms in total. The van der Waals surface area contributed by atoms with Crippen LogP contribution in [0, 0.1) is 0 Å². The predicted molar refractivity (Wildman–Crippen MR) is 191 cm³/mol. The van der Waals surface area contributed by atoms with E-state index >= 15 is 0 Å². The van der Waals surface area contributed by atoms with E-state index in [2.05, 4.69) is 32.1 Å². The summed E-state index contributed by atoms with van der Waals surface area (Å²) >= 11 is 0. The molecular weight excluding hydrogens is 560 g/mol. The van der Waals surface area contributed by atoms with E-state index < -0.39 is 6.10 Å². The maximum Gasteiger partial charge on any atom is 0.306 e. The molecule has 0 bridgehead atoms. The zero-order valence-corrected chi connectivity index (χ0v) is 28.8. The van der Waals surface area contributed by atoms with E-state index in [1.54, 1.807) is 0 Å². The number of ether oxygens (including phenoxy) is 2. The number of unbranched alkanes of at least 4 members (excludes halogenated alkanes) is 15. The first-order valence-corrected chi connectivity index (χ1v) is 18.1. The highest BCUT2D eigenvalue weighted by molar-refractivity contribution is 5.70. The van der Waals surface area contributed by atoms with Crippen molar-refractivity contribution in [2.24, 2.45) is 0 Å². The molecule has 0 aromatic heterocycles. The van der Waals surface area contributed by atoms with E-state index in [9.17, 15) is 14.7 Å². The molecular formula is C40H66O5. The molecule has 256 valence electrons. The average Bonchev–Trinajstić information content (AvgIpc) is 3.04. The molecule has 0 fully saturated rings. The Kier molecular flexibility index (Phi) is 33.7. The molecule has 0 radical (unpaired) electrons. The summed E-state index contributed by atoms with van der Waals surface area (Å²) in [6.07, 6.45) is 46.8. The van der Waals surface area contributed by atoms with Crippen LogP contribution >= 0.6 is 0 Å². The van der Waals surface area contributed by atoms with Gasteiger partial charge in [-0.1, -0.05) is 157 Å². The normalized spacial score (nSPS) is 13.0. The Balaban J connectivity index is 3.69. The van der Waals surface area contributed by atoms with Gasteiger partial charge in [0.15, 0.2) is 6.10 Å². The van der Waals surface area contributed by atoms with Crippen LogP contribution < -0.4 is 0 Å². The Morgan fingerprint density at radius 2 is 1.00 bits per heavy atom. The van der Waals surface area contributed by atoms with Gasteiger partial charge in [-0.25, -0.2) is 0 Å². The first-order valence-electron chi connectivity index (χ1n) is 18.1. The van der Waals surface area contributed by atoms with E-state index in [0.29, 0.717) is 12.8 Å². The van der Waals surface area contributed by atoms with Crippen molar-refractivity contribution in [1.82, 2.24) is 0 Å². The van der Waals surface area contributed by atoms with E-state index in [1.807, 2.05) is 54.7 Å². The van der Waals surface area contributed by atoms with Gasteiger partial charge in [0, 0.05) is 12.8 Å².